The summed E-state index contributed by atoms with van der Waals surface area (Å²) in [6, 6.07) is 0. The van der Waals surface area contributed by atoms with Crippen LogP contribution in [0.25, 0.3) is 11.2 Å². The molecule has 110 valence electrons. The second kappa shape index (κ2) is 6.53. The van der Waals surface area contributed by atoms with Gasteiger partial charge in [-0.25, -0.2) is 9.67 Å². The Balaban J connectivity index is 2.46. The minimum Gasteiger partial charge on any atom is -0.481 e. The minimum absolute atomic E-state index is 0.0253. The highest BCUT2D eigenvalue weighted by molar-refractivity contribution is 7.99. The van der Waals surface area contributed by atoms with Crippen LogP contribution in [0.5, 0.6) is 0 Å². The Hall–Kier alpha value is -1.15. The van der Waals surface area contributed by atoms with Crippen molar-refractivity contribution in [3.8, 4) is 0 Å². The molecule has 1 N–H and O–H groups in total. The van der Waals surface area contributed by atoms with Gasteiger partial charge in [0, 0.05) is 18.8 Å². The number of carboxylic acid groups (broad SMARTS) is 1. The van der Waals surface area contributed by atoms with Crippen LogP contribution in [0, 0.1) is 6.92 Å². The van der Waals surface area contributed by atoms with Gasteiger partial charge in [-0.3, -0.25) is 4.79 Å². The van der Waals surface area contributed by atoms with Gasteiger partial charge in [0.25, 0.3) is 0 Å². The fraction of sp³-hybridized carbons (Fsp3) is 0.583. The molecule has 0 saturated heterocycles. The van der Waals surface area contributed by atoms with E-state index in [1.165, 1.54) is 11.8 Å². The van der Waals surface area contributed by atoms with Crippen LogP contribution < -0.4 is 0 Å². The molecule has 8 heteroatoms. The second-order valence-corrected chi connectivity index (χ2v) is 6.22. The first kappa shape index (κ1) is 15.2. The van der Waals surface area contributed by atoms with E-state index in [0.717, 1.165) is 40.9 Å². The molecule has 0 unspecified atom stereocenters. The fourth-order valence-corrected chi connectivity index (χ4v) is 3.15. The number of hydrogen-bond donors (Lipinski definition) is 1. The molecule has 2 heterocycles. The number of nitrogens with zero attached hydrogens (tertiary/aromatic N) is 4. The lowest BCUT2D eigenvalue weighted by Crippen LogP contribution is -2.09. The third-order valence-electron chi connectivity index (χ3n) is 2.91. The number of carboxylic acids is 1. The SMILES string of the molecule is CCn1nc(C)c2nc(SCC(=O)O)n(CCSC)c21. The number of imidazole rings is 1. The van der Waals surface area contributed by atoms with Crippen LogP contribution in [-0.2, 0) is 17.9 Å². The Bertz CT molecular complexity index is 621. The van der Waals surface area contributed by atoms with E-state index in [0.29, 0.717) is 0 Å². The largest absolute Gasteiger partial charge is 0.481 e. The molecule has 6 nitrogen and oxygen atoms in total. The van der Waals surface area contributed by atoms with Gasteiger partial charge in [-0.15, -0.1) is 0 Å². The highest BCUT2D eigenvalue weighted by Crippen LogP contribution is 2.26. The maximum atomic E-state index is 10.8. The molecule has 0 amide bonds. The van der Waals surface area contributed by atoms with Crippen LogP contribution in [0.3, 0.4) is 0 Å². The molecule has 0 radical (unpaired) electrons. The zero-order chi connectivity index (χ0) is 14.7. The highest BCUT2D eigenvalue weighted by atomic mass is 32.2. The Labute approximate surface area is 125 Å². The van der Waals surface area contributed by atoms with E-state index in [9.17, 15) is 4.79 Å². The molecule has 0 atom stereocenters. The minimum atomic E-state index is -0.827. The number of fused-ring (bicyclic) bond motifs is 1. The number of carbonyl (C=O) groups is 1. The summed E-state index contributed by atoms with van der Waals surface area (Å²) >= 11 is 3.02. The van der Waals surface area contributed by atoms with Crippen molar-refractivity contribution < 1.29 is 9.90 Å². The first-order chi connectivity index (χ1) is 9.58. The molecule has 20 heavy (non-hydrogen) atoms. The van der Waals surface area contributed by atoms with E-state index in [1.807, 2.05) is 18.5 Å². The molecule has 2 aromatic rings. The van der Waals surface area contributed by atoms with Gasteiger partial charge < -0.3 is 9.67 Å². The maximum Gasteiger partial charge on any atom is 0.313 e. The molecular weight excluding hydrogens is 296 g/mol. The van der Waals surface area contributed by atoms with E-state index < -0.39 is 5.97 Å². The average Bonchev–Trinajstić information content (AvgIpc) is 2.92. The zero-order valence-corrected chi connectivity index (χ0v) is 13.4. The summed E-state index contributed by atoms with van der Waals surface area (Å²) < 4.78 is 4.02. The van der Waals surface area contributed by atoms with E-state index in [-0.39, 0.29) is 5.75 Å². The Morgan fingerprint density at radius 2 is 2.20 bits per heavy atom. The van der Waals surface area contributed by atoms with E-state index in [4.69, 9.17) is 5.11 Å². The molecule has 2 aromatic heterocycles. The normalized spacial score (nSPS) is 11.3. The standard InChI is InChI=1S/C12H18N4O2S2/c1-4-16-11-10(8(2)14-16)13-12(20-7-9(17)18)15(11)5-6-19-3/h4-7H2,1-3H3,(H,17,18). The molecule has 0 aliphatic heterocycles. The van der Waals surface area contributed by atoms with Crippen molar-refractivity contribution in [3.63, 3.8) is 0 Å². The molecule has 0 aliphatic carbocycles. The predicted octanol–water partition coefficient (Wildman–Crippen LogP) is 2.10. The predicted molar refractivity (Wildman–Crippen MR) is 82.7 cm³/mol. The van der Waals surface area contributed by atoms with E-state index in [1.54, 1.807) is 11.8 Å². The highest BCUT2D eigenvalue weighted by Gasteiger charge is 2.18. The summed E-state index contributed by atoms with van der Waals surface area (Å²) in [6.45, 7) is 5.57. The van der Waals surface area contributed by atoms with Gasteiger partial charge in [0.2, 0.25) is 0 Å². The Morgan fingerprint density at radius 1 is 1.45 bits per heavy atom. The number of thioether (sulfide) groups is 2. The molecule has 0 saturated carbocycles. The smallest absolute Gasteiger partial charge is 0.313 e. The summed E-state index contributed by atoms with van der Waals surface area (Å²) in [6.07, 6.45) is 2.06. The third-order valence-corrected chi connectivity index (χ3v) is 4.46. The maximum absolute atomic E-state index is 10.8. The van der Waals surface area contributed by atoms with E-state index in [2.05, 4.69) is 20.9 Å². The van der Waals surface area contributed by atoms with Crippen LogP contribution in [0.2, 0.25) is 0 Å². The summed E-state index contributed by atoms with van der Waals surface area (Å²) in [7, 11) is 0. The van der Waals surface area contributed by atoms with E-state index >= 15 is 0 Å². The molecule has 0 bridgehead atoms. The van der Waals surface area contributed by atoms with Crippen LogP contribution >= 0.6 is 23.5 Å². The topological polar surface area (TPSA) is 72.9 Å². The Morgan fingerprint density at radius 3 is 2.80 bits per heavy atom. The van der Waals surface area contributed by atoms with Crippen molar-refractivity contribution in [2.75, 3.05) is 17.8 Å². The van der Waals surface area contributed by atoms with Gasteiger partial charge in [-0.05, 0) is 20.1 Å². The van der Waals surface area contributed by atoms with Gasteiger partial charge in [-0.2, -0.15) is 16.9 Å². The zero-order valence-electron chi connectivity index (χ0n) is 11.8. The second-order valence-electron chi connectivity index (χ2n) is 4.29. The van der Waals surface area contributed by atoms with Crippen LogP contribution in [0.4, 0.5) is 0 Å². The lowest BCUT2D eigenvalue weighted by molar-refractivity contribution is -0.133. The Kier molecular flexibility index (Phi) is 4.98. The monoisotopic (exact) mass is 314 g/mol. The van der Waals surface area contributed by atoms with Crippen LogP contribution in [-0.4, -0.2) is 48.2 Å². The lowest BCUT2D eigenvalue weighted by Gasteiger charge is -2.08. The van der Waals surface area contributed by atoms with Crippen molar-refractivity contribution in [1.29, 1.82) is 0 Å². The van der Waals surface area contributed by atoms with Gasteiger partial charge in [0.1, 0.15) is 5.52 Å². The van der Waals surface area contributed by atoms with Crippen molar-refractivity contribution in [1.82, 2.24) is 19.3 Å². The summed E-state index contributed by atoms with van der Waals surface area (Å²) in [5.41, 5.74) is 2.76. The van der Waals surface area contributed by atoms with Gasteiger partial charge in [-0.1, -0.05) is 11.8 Å². The lowest BCUT2D eigenvalue weighted by atomic mass is 10.4. The summed E-state index contributed by atoms with van der Waals surface area (Å²) in [4.78, 5) is 15.3. The fourth-order valence-electron chi connectivity index (χ4n) is 2.05. The summed E-state index contributed by atoms with van der Waals surface area (Å²) in [5.74, 6) is 0.157. The quantitative estimate of drug-likeness (QED) is 0.789. The summed E-state index contributed by atoms with van der Waals surface area (Å²) in [5, 5.41) is 14.1. The van der Waals surface area contributed by atoms with Crippen molar-refractivity contribution in [3.05, 3.63) is 5.69 Å². The molecule has 0 aromatic carbocycles. The van der Waals surface area contributed by atoms with Gasteiger partial charge in [0.15, 0.2) is 10.8 Å². The van der Waals surface area contributed by atoms with Gasteiger partial charge >= 0.3 is 5.97 Å². The van der Waals surface area contributed by atoms with Crippen LogP contribution in [0.1, 0.15) is 12.6 Å². The van der Waals surface area contributed by atoms with Crippen molar-refractivity contribution in [2.24, 2.45) is 0 Å². The third kappa shape index (κ3) is 2.95. The number of rotatable bonds is 7. The first-order valence-electron chi connectivity index (χ1n) is 6.35. The van der Waals surface area contributed by atoms with Gasteiger partial charge in [0.05, 0.1) is 11.4 Å². The molecular formula is C12H18N4O2S2. The average molecular weight is 314 g/mol. The number of aliphatic carboxylic acids is 1. The van der Waals surface area contributed by atoms with Crippen LogP contribution in [0.15, 0.2) is 5.16 Å². The molecule has 0 fully saturated rings. The number of aromatic nitrogens is 4. The molecule has 2 rings (SSSR count). The first-order valence-corrected chi connectivity index (χ1v) is 8.73. The molecule has 0 spiro atoms. The number of hydrogen-bond acceptors (Lipinski definition) is 5. The van der Waals surface area contributed by atoms with Crippen molar-refractivity contribution in [2.45, 2.75) is 32.1 Å². The number of aryl methyl sites for hydroxylation is 3. The molecule has 0 aliphatic rings. The van der Waals surface area contributed by atoms with Crippen molar-refractivity contribution >= 4 is 40.7 Å².